The quantitative estimate of drug-likeness (QED) is 0.682. The van der Waals surface area contributed by atoms with Gasteiger partial charge >= 0.3 is 0 Å². The van der Waals surface area contributed by atoms with Gasteiger partial charge in [-0.1, -0.05) is 0 Å². The normalized spacial score (nSPS) is 19.6. The van der Waals surface area contributed by atoms with E-state index in [1.807, 2.05) is 4.90 Å². The molecule has 0 aromatic heterocycles. The summed E-state index contributed by atoms with van der Waals surface area (Å²) in [6.07, 6.45) is 4.79. The second kappa shape index (κ2) is 10.8. The average molecular weight is 456 g/mol. The molecule has 0 aliphatic carbocycles. The largest absolute Gasteiger partial charge is 0.343 e. The lowest BCUT2D eigenvalue weighted by Gasteiger charge is -2.36. The molecule has 3 aliphatic heterocycles. The van der Waals surface area contributed by atoms with Crippen LogP contribution in [0.4, 0.5) is 5.69 Å². The van der Waals surface area contributed by atoms with Gasteiger partial charge in [0.2, 0.25) is 17.7 Å². The molecule has 1 aromatic carbocycles. The Kier molecular flexibility index (Phi) is 7.59. The summed E-state index contributed by atoms with van der Waals surface area (Å²) in [5.41, 5.74) is 1.25. The average Bonchev–Trinajstić information content (AvgIpc) is 3.29. The fourth-order valence-corrected chi connectivity index (χ4v) is 4.67. The van der Waals surface area contributed by atoms with Crippen molar-refractivity contribution in [3.63, 3.8) is 0 Å². The maximum Gasteiger partial charge on any atom is 0.251 e. The van der Waals surface area contributed by atoms with Crippen molar-refractivity contribution in [3.8, 4) is 0 Å². The van der Waals surface area contributed by atoms with E-state index in [0.717, 1.165) is 38.0 Å². The number of likely N-dealkylation sites (tertiary alicyclic amines) is 1. The van der Waals surface area contributed by atoms with Crippen LogP contribution in [-0.2, 0) is 14.4 Å². The monoisotopic (exact) mass is 455 g/mol. The molecule has 33 heavy (non-hydrogen) atoms. The zero-order valence-corrected chi connectivity index (χ0v) is 19.1. The van der Waals surface area contributed by atoms with Crippen LogP contribution in [0.5, 0.6) is 0 Å². The van der Waals surface area contributed by atoms with Crippen molar-refractivity contribution in [1.29, 1.82) is 0 Å². The molecule has 0 bridgehead atoms. The van der Waals surface area contributed by atoms with Crippen molar-refractivity contribution in [3.05, 3.63) is 29.8 Å². The van der Waals surface area contributed by atoms with Crippen LogP contribution in [0.3, 0.4) is 0 Å². The lowest BCUT2D eigenvalue weighted by Crippen LogP contribution is -2.53. The molecule has 3 fully saturated rings. The number of carbonyl (C=O) groups excluding carboxylic acids is 4. The SMILES string of the molecule is O=C(NCC(=O)N1CCN(CC(=O)N2CCCCC2)CC1)c1ccc(N2CCCC2=O)cc1. The van der Waals surface area contributed by atoms with Crippen molar-refractivity contribution in [2.75, 3.05) is 63.8 Å². The Morgan fingerprint density at radius 3 is 2.06 bits per heavy atom. The first-order valence-corrected chi connectivity index (χ1v) is 12.0. The molecule has 4 amide bonds. The number of piperidine rings is 1. The molecule has 0 saturated carbocycles. The minimum Gasteiger partial charge on any atom is -0.343 e. The molecular formula is C24H33N5O4. The van der Waals surface area contributed by atoms with Crippen LogP contribution in [0.25, 0.3) is 0 Å². The highest BCUT2D eigenvalue weighted by molar-refractivity contribution is 5.98. The van der Waals surface area contributed by atoms with Gasteiger partial charge in [-0.15, -0.1) is 0 Å². The molecule has 3 saturated heterocycles. The number of nitrogens with zero attached hydrogens (tertiary/aromatic N) is 4. The first-order valence-electron chi connectivity index (χ1n) is 12.0. The number of piperazine rings is 1. The summed E-state index contributed by atoms with van der Waals surface area (Å²) in [7, 11) is 0. The van der Waals surface area contributed by atoms with E-state index in [2.05, 4.69) is 10.2 Å². The molecule has 9 heteroatoms. The fraction of sp³-hybridized carbons (Fsp3) is 0.583. The van der Waals surface area contributed by atoms with E-state index in [1.165, 1.54) is 6.42 Å². The lowest BCUT2D eigenvalue weighted by molar-refractivity contribution is -0.135. The molecule has 1 aromatic rings. The summed E-state index contributed by atoms with van der Waals surface area (Å²) < 4.78 is 0. The summed E-state index contributed by atoms with van der Waals surface area (Å²) in [5.74, 6) is -0.145. The predicted octanol–water partition coefficient (Wildman–Crippen LogP) is 0.700. The van der Waals surface area contributed by atoms with Gasteiger partial charge in [-0.25, -0.2) is 0 Å². The highest BCUT2D eigenvalue weighted by Gasteiger charge is 2.25. The molecule has 0 unspecified atom stereocenters. The van der Waals surface area contributed by atoms with Crippen LogP contribution < -0.4 is 10.2 Å². The standard InChI is InChI=1S/C24H33N5O4/c30-21-5-4-12-29(21)20-8-6-19(7-9-20)24(33)25-17-22(31)28-15-13-26(14-16-28)18-23(32)27-10-2-1-3-11-27/h6-9H,1-5,10-18H2,(H,25,33). The summed E-state index contributed by atoms with van der Waals surface area (Å²) >= 11 is 0. The zero-order valence-electron chi connectivity index (χ0n) is 19.1. The van der Waals surface area contributed by atoms with Gasteiger partial charge in [0.05, 0.1) is 13.1 Å². The molecule has 3 aliphatic rings. The third kappa shape index (κ3) is 5.90. The summed E-state index contributed by atoms with van der Waals surface area (Å²) in [5, 5.41) is 2.70. The van der Waals surface area contributed by atoms with Gasteiger partial charge in [0, 0.05) is 63.5 Å². The molecule has 3 heterocycles. The Bertz CT molecular complexity index is 873. The third-order valence-corrected chi connectivity index (χ3v) is 6.71. The van der Waals surface area contributed by atoms with E-state index in [-0.39, 0.29) is 30.2 Å². The van der Waals surface area contributed by atoms with Gasteiger partial charge in [-0.3, -0.25) is 24.1 Å². The van der Waals surface area contributed by atoms with Gasteiger partial charge in [0.1, 0.15) is 0 Å². The Morgan fingerprint density at radius 1 is 0.758 bits per heavy atom. The van der Waals surface area contributed by atoms with E-state index >= 15 is 0 Å². The third-order valence-electron chi connectivity index (χ3n) is 6.71. The van der Waals surface area contributed by atoms with Gasteiger partial charge in [0.15, 0.2) is 0 Å². The minimum atomic E-state index is -0.312. The number of hydrogen-bond donors (Lipinski definition) is 1. The van der Waals surface area contributed by atoms with Crippen molar-refractivity contribution in [1.82, 2.24) is 20.0 Å². The fourth-order valence-electron chi connectivity index (χ4n) is 4.67. The Labute approximate surface area is 194 Å². The summed E-state index contributed by atoms with van der Waals surface area (Å²) in [4.78, 5) is 56.8. The van der Waals surface area contributed by atoms with E-state index in [0.29, 0.717) is 51.3 Å². The predicted molar refractivity (Wildman–Crippen MR) is 124 cm³/mol. The maximum absolute atomic E-state index is 12.5. The second-order valence-corrected chi connectivity index (χ2v) is 8.98. The second-order valence-electron chi connectivity index (χ2n) is 8.98. The first kappa shape index (κ1) is 23.2. The number of rotatable bonds is 6. The van der Waals surface area contributed by atoms with Crippen LogP contribution in [0.1, 0.15) is 42.5 Å². The molecule has 0 spiro atoms. The molecule has 178 valence electrons. The summed E-state index contributed by atoms with van der Waals surface area (Å²) in [6.45, 7) is 5.22. The van der Waals surface area contributed by atoms with Gasteiger partial charge in [-0.2, -0.15) is 0 Å². The Hall–Kier alpha value is -2.94. The highest BCUT2D eigenvalue weighted by Crippen LogP contribution is 2.21. The molecule has 0 atom stereocenters. The summed E-state index contributed by atoms with van der Waals surface area (Å²) in [6, 6.07) is 6.90. The molecular weight excluding hydrogens is 422 g/mol. The van der Waals surface area contributed by atoms with Crippen LogP contribution in [-0.4, -0.2) is 97.2 Å². The van der Waals surface area contributed by atoms with Crippen LogP contribution in [0.2, 0.25) is 0 Å². The number of benzene rings is 1. The molecule has 0 radical (unpaired) electrons. The van der Waals surface area contributed by atoms with Crippen molar-refractivity contribution in [2.24, 2.45) is 0 Å². The van der Waals surface area contributed by atoms with Crippen LogP contribution in [0, 0.1) is 0 Å². The lowest BCUT2D eigenvalue weighted by atomic mass is 10.1. The Balaban J connectivity index is 1.18. The zero-order chi connectivity index (χ0) is 23.2. The van der Waals surface area contributed by atoms with Crippen LogP contribution in [0.15, 0.2) is 24.3 Å². The van der Waals surface area contributed by atoms with E-state index in [4.69, 9.17) is 0 Å². The smallest absolute Gasteiger partial charge is 0.251 e. The number of hydrogen-bond acceptors (Lipinski definition) is 5. The Morgan fingerprint density at radius 2 is 1.42 bits per heavy atom. The number of nitrogens with one attached hydrogen (secondary N) is 1. The van der Waals surface area contributed by atoms with Gasteiger partial charge in [0.25, 0.3) is 5.91 Å². The van der Waals surface area contributed by atoms with Crippen molar-refractivity contribution >= 4 is 29.3 Å². The maximum atomic E-state index is 12.5. The molecule has 1 N–H and O–H groups in total. The molecule has 9 nitrogen and oxygen atoms in total. The minimum absolute atomic E-state index is 0.0576. The van der Waals surface area contributed by atoms with Gasteiger partial charge in [-0.05, 0) is 49.9 Å². The van der Waals surface area contributed by atoms with E-state index < -0.39 is 0 Å². The number of anilines is 1. The first-order chi connectivity index (χ1) is 16.0. The number of amides is 4. The highest BCUT2D eigenvalue weighted by atomic mass is 16.2. The topological polar surface area (TPSA) is 93.3 Å². The van der Waals surface area contributed by atoms with Gasteiger partial charge < -0.3 is 20.0 Å². The van der Waals surface area contributed by atoms with Crippen molar-refractivity contribution in [2.45, 2.75) is 32.1 Å². The van der Waals surface area contributed by atoms with E-state index in [1.54, 1.807) is 34.1 Å². The molecule has 4 rings (SSSR count). The van der Waals surface area contributed by atoms with E-state index in [9.17, 15) is 19.2 Å². The van der Waals surface area contributed by atoms with Crippen molar-refractivity contribution < 1.29 is 19.2 Å². The van der Waals surface area contributed by atoms with Crippen LogP contribution >= 0.6 is 0 Å². The number of carbonyl (C=O) groups is 4.